The van der Waals surface area contributed by atoms with Gasteiger partial charge in [0.25, 0.3) is 5.91 Å². The Morgan fingerprint density at radius 1 is 1.19 bits per heavy atom. The molecule has 0 aromatic heterocycles. The van der Waals surface area contributed by atoms with E-state index in [4.69, 9.17) is 4.74 Å². The maximum atomic E-state index is 13.0. The largest absolute Gasteiger partial charge is 0.458 e. The standard InChI is InChI=1S/C13H21F4NO3/c1-6-7(2)8(9(19)21-12(3,4)5)18-11(20)13(16,17)10(14)15/h7-8,10H,6H2,1-5H3,(H,18,20)/t7-,8-/m0/s1. The fourth-order valence-electron chi connectivity index (χ4n) is 1.37. The van der Waals surface area contributed by atoms with Crippen LogP contribution in [-0.2, 0) is 14.3 Å². The Hall–Kier alpha value is -1.34. The fraction of sp³-hybridized carbons (Fsp3) is 0.846. The summed E-state index contributed by atoms with van der Waals surface area (Å²) < 4.78 is 55.2. The lowest BCUT2D eigenvalue weighted by Gasteiger charge is -2.28. The van der Waals surface area contributed by atoms with Crippen molar-refractivity contribution in [2.45, 2.75) is 65.0 Å². The van der Waals surface area contributed by atoms with Crippen molar-refractivity contribution in [3.63, 3.8) is 0 Å². The molecule has 0 aliphatic heterocycles. The van der Waals surface area contributed by atoms with Gasteiger partial charge < -0.3 is 10.1 Å². The number of carbonyl (C=O) groups excluding carboxylic acids is 2. The van der Waals surface area contributed by atoms with Gasteiger partial charge in [0.05, 0.1) is 0 Å². The number of rotatable bonds is 6. The topological polar surface area (TPSA) is 55.4 Å². The predicted molar refractivity (Wildman–Crippen MR) is 68.2 cm³/mol. The highest BCUT2D eigenvalue weighted by Crippen LogP contribution is 2.24. The summed E-state index contributed by atoms with van der Waals surface area (Å²) in [7, 11) is 0. The van der Waals surface area contributed by atoms with Crippen molar-refractivity contribution in [3.05, 3.63) is 0 Å². The van der Waals surface area contributed by atoms with Crippen LogP contribution in [0.25, 0.3) is 0 Å². The molecule has 1 amide bonds. The molecule has 0 unspecified atom stereocenters. The fourth-order valence-corrected chi connectivity index (χ4v) is 1.37. The molecule has 21 heavy (non-hydrogen) atoms. The molecule has 0 saturated carbocycles. The van der Waals surface area contributed by atoms with Crippen LogP contribution in [0.15, 0.2) is 0 Å². The number of nitrogens with one attached hydrogen (secondary N) is 1. The summed E-state index contributed by atoms with van der Waals surface area (Å²) in [5.74, 6) is -8.52. The number of alkyl halides is 4. The molecule has 0 aliphatic rings. The highest BCUT2D eigenvalue weighted by Gasteiger charge is 2.50. The maximum Gasteiger partial charge on any atom is 0.383 e. The van der Waals surface area contributed by atoms with Crippen LogP contribution in [0.2, 0.25) is 0 Å². The van der Waals surface area contributed by atoms with E-state index in [9.17, 15) is 27.2 Å². The molecule has 0 fully saturated rings. The van der Waals surface area contributed by atoms with Gasteiger partial charge in [-0.15, -0.1) is 0 Å². The number of esters is 1. The molecule has 0 heterocycles. The summed E-state index contributed by atoms with van der Waals surface area (Å²) in [6, 6.07) is -1.41. The number of amides is 1. The van der Waals surface area contributed by atoms with Crippen LogP contribution < -0.4 is 5.32 Å². The van der Waals surface area contributed by atoms with Crippen molar-refractivity contribution in [2.24, 2.45) is 5.92 Å². The van der Waals surface area contributed by atoms with Crippen LogP contribution in [0.1, 0.15) is 41.0 Å². The van der Waals surface area contributed by atoms with Crippen molar-refractivity contribution in [1.82, 2.24) is 5.32 Å². The molecule has 1 N–H and O–H groups in total. The molecule has 0 aromatic rings. The van der Waals surface area contributed by atoms with Gasteiger partial charge in [-0.1, -0.05) is 20.3 Å². The zero-order chi connectivity index (χ0) is 17.0. The van der Waals surface area contributed by atoms with Gasteiger partial charge >= 0.3 is 18.3 Å². The molecule has 124 valence electrons. The smallest absolute Gasteiger partial charge is 0.383 e. The normalized spacial score (nSPS) is 15.5. The summed E-state index contributed by atoms with van der Waals surface area (Å²) in [4.78, 5) is 23.2. The molecule has 0 rings (SSSR count). The van der Waals surface area contributed by atoms with Gasteiger partial charge in [0.2, 0.25) is 0 Å². The maximum absolute atomic E-state index is 13.0. The van der Waals surface area contributed by atoms with Gasteiger partial charge in [-0.3, -0.25) is 4.79 Å². The number of hydrogen-bond donors (Lipinski definition) is 1. The molecule has 0 aliphatic carbocycles. The van der Waals surface area contributed by atoms with Crippen LogP contribution in [0.3, 0.4) is 0 Å². The van der Waals surface area contributed by atoms with Crippen LogP contribution in [0.5, 0.6) is 0 Å². The van der Waals surface area contributed by atoms with Crippen molar-refractivity contribution < 1.29 is 31.9 Å². The first-order valence-corrected chi connectivity index (χ1v) is 6.52. The van der Waals surface area contributed by atoms with E-state index in [1.54, 1.807) is 33.0 Å². The van der Waals surface area contributed by atoms with E-state index in [1.807, 2.05) is 0 Å². The molecular formula is C13H21F4NO3. The summed E-state index contributed by atoms with van der Waals surface area (Å²) in [5, 5.41) is 1.67. The average Bonchev–Trinajstić information content (AvgIpc) is 2.31. The Balaban J connectivity index is 5.12. The third-order valence-corrected chi connectivity index (χ3v) is 2.74. The van der Waals surface area contributed by atoms with Gasteiger partial charge in [0.15, 0.2) is 0 Å². The molecule has 0 bridgehead atoms. The lowest BCUT2D eigenvalue weighted by molar-refractivity contribution is -0.174. The highest BCUT2D eigenvalue weighted by atomic mass is 19.3. The Labute approximate surface area is 121 Å². The Morgan fingerprint density at radius 3 is 2.00 bits per heavy atom. The van der Waals surface area contributed by atoms with E-state index < -0.39 is 41.8 Å². The van der Waals surface area contributed by atoms with Gasteiger partial charge in [0, 0.05) is 0 Å². The van der Waals surface area contributed by atoms with Gasteiger partial charge in [0.1, 0.15) is 11.6 Å². The predicted octanol–water partition coefficient (Wildman–Crippen LogP) is 2.76. The van der Waals surface area contributed by atoms with Crippen molar-refractivity contribution >= 4 is 11.9 Å². The zero-order valence-electron chi connectivity index (χ0n) is 12.7. The summed E-state index contributed by atoms with van der Waals surface area (Å²) in [6.45, 7) is 7.88. The van der Waals surface area contributed by atoms with E-state index >= 15 is 0 Å². The highest BCUT2D eigenvalue weighted by molar-refractivity contribution is 5.89. The van der Waals surface area contributed by atoms with E-state index in [2.05, 4.69) is 0 Å². The Kier molecular flexibility index (Phi) is 6.63. The zero-order valence-corrected chi connectivity index (χ0v) is 12.7. The minimum atomic E-state index is -4.85. The minimum Gasteiger partial charge on any atom is -0.458 e. The molecule has 0 aromatic carbocycles. The number of halogens is 4. The number of hydrogen-bond acceptors (Lipinski definition) is 3. The monoisotopic (exact) mass is 315 g/mol. The lowest BCUT2D eigenvalue weighted by atomic mass is 9.98. The molecule has 2 atom stereocenters. The minimum absolute atomic E-state index is 0.366. The summed E-state index contributed by atoms with van der Waals surface area (Å²) >= 11 is 0. The average molecular weight is 315 g/mol. The summed E-state index contributed by atoms with van der Waals surface area (Å²) in [6.07, 6.45) is -3.78. The van der Waals surface area contributed by atoms with Gasteiger partial charge in [-0.25, -0.2) is 13.6 Å². The van der Waals surface area contributed by atoms with Crippen LogP contribution >= 0.6 is 0 Å². The van der Waals surface area contributed by atoms with Crippen LogP contribution in [-0.4, -0.2) is 35.9 Å². The molecule has 8 heteroatoms. The van der Waals surface area contributed by atoms with Crippen LogP contribution in [0.4, 0.5) is 17.6 Å². The molecule has 4 nitrogen and oxygen atoms in total. The molecular weight excluding hydrogens is 294 g/mol. The first-order chi connectivity index (χ1) is 9.32. The second kappa shape index (κ2) is 7.09. The summed E-state index contributed by atoms with van der Waals surface area (Å²) in [5.41, 5.74) is -0.890. The number of carbonyl (C=O) groups is 2. The van der Waals surface area contributed by atoms with Crippen LogP contribution in [0, 0.1) is 5.92 Å². The first kappa shape index (κ1) is 19.7. The van der Waals surface area contributed by atoms with E-state index in [0.29, 0.717) is 6.42 Å². The van der Waals surface area contributed by atoms with Gasteiger partial charge in [-0.05, 0) is 26.7 Å². The number of ether oxygens (including phenoxy) is 1. The van der Waals surface area contributed by atoms with E-state index in [1.165, 1.54) is 6.92 Å². The quantitative estimate of drug-likeness (QED) is 0.606. The SMILES string of the molecule is CC[C@H](C)[C@H](NC(=O)C(F)(F)C(F)F)C(=O)OC(C)(C)C. The van der Waals surface area contributed by atoms with Gasteiger partial charge in [-0.2, -0.15) is 8.78 Å². The molecule has 0 saturated heterocycles. The van der Waals surface area contributed by atoms with E-state index in [-0.39, 0.29) is 0 Å². The van der Waals surface area contributed by atoms with E-state index in [0.717, 1.165) is 0 Å². The third kappa shape index (κ3) is 5.89. The second-order valence-corrected chi connectivity index (χ2v) is 5.79. The second-order valence-electron chi connectivity index (χ2n) is 5.79. The Bertz CT molecular complexity index is 380. The van der Waals surface area contributed by atoms with Crippen molar-refractivity contribution in [1.29, 1.82) is 0 Å². The van der Waals surface area contributed by atoms with Crippen molar-refractivity contribution in [2.75, 3.05) is 0 Å². The third-order valence-electron chi connectivity index (χ3n) is 2.74. The first-order valence-electron chi connectivity index (χ1n) is 6.52. The molecule has 0 spiro atoms. The van der Waals surface area contributed by atoms with Crippen molar-refractivity contribution in [3.8, 4) is 0 Å². The lowest BCUT2D eigenvalue weighted by Crippen LogP contribution is -2.54. The Morgan fingerprint density at radius 2 is 1.67 bits per heavy atom. The molecule has 0 radical (unpaired) electrons.